The molecule has 1 unspecified atom stereocenters. The number of rotatable bonds is 8. The van der Waals surface area contributed by atoms with Gasteiger partial charge in [-0.2, -0.15) is 5.26 Å². The first kappa shape index (κ1) is 20.7. The van der Waals surface area contributed by atoms with Crippen molar-refractivity contribution in [2.75, 3.05) is 17.2 Å². The van der Waals surface area contributed by atoms with E-state index in [9.17, 15) is 4.79 Å². The average Bonchev–Trinajstić information content (AvgIpc) is 2.77. The van der Waals surface area contributed by atoms with Gasteiger partial charge in [-0.3, -0.25) is 4.79 Å². The van der Waals surface area contributed by atoms with Crippen LogP contribution in [0.4, 0.5) is 11.4 Å². The standard InChI is InChI=1S/C24H23N3O3/c1-3-29-21-12-8-20(9-13-21)27-24(28)17(2)26-19-10-14-22(15-11-19)30-23-7-5-4-6-18(23)16-25/h4-15,17,26H,3H2,1-2H3,(H,27,28). The first-order chi connectivity index (χ1) is 14.6. The molecule has 3 rings (SSSR count). The number of nitriles is 1. The van der Waals surface area contributed by atoms with Crippen LogP contribution in [0.15, 0.2) is 72.8 Å². The second-order valence-electron chi connectivity index (χ2n) is 6.55. The molecule has 6 heteroatoms. The number of hydrogen-bond donors (Lipinski definition) is 2. The van der Waals surface area contributed by atoms with Crippen molar-refractivity contribution in [3.8, 4) is 23.3 Å². The predicted molar refractivity (Wildman–Crippen MR) is 117 cm³/mol. The Hall–Kier alpha value is -3.98. The van der Waals surface area contributed by atoms with E-state index < -0.39 is 6.04 Å². The number of ether oxygens (including phenoxy) is 2. The Kier molecular flexibility index (Phi) is 6.91. The normalized spacial score (nSPS) is 11.1. The van der Waals surface area contributed by atoms with Gasteiger partial charge >= 0.3 is 0 Å². The van der Waals surface area contributed by atoms with E-state index in [-0.39, 0.29) is 5.91 Å². The molecular formula is C24H23N3O3. The van der Waals surface area contributed by atoms with Crippen LogP contribution in [-0.2, 0) is 4.79 Å². The first-order valence-corrected chi connectivity index (χ1v) is 9.66. The van der Waals surface area contributed by atoms with E-state index in [0.29, 0.717) is 29.4 Å². The Morgan fingerprint density at radius 3 is 2.27 bits per heavy atom. The van der Waals surface area contributed by atoms with Crippen LogP contribution in [0.3, 0.4) is 0 Å². The topological polar surface area (TPSA) is 83.4 Å². The fourth-order valence-electron chi connectivity index (χ4n) is 2.76. The molecule has 1 amide bonds. The van der Waals surface area contributed by atoms with Crippen LogP contribution in [-0.4, -0.2) is 18.6 Å². The number of nitrogens with zero attached hydrogens (tertiary/aromatic N) is 1. The third kappa shape index (κ3) is 5.52. The molecule has 2 N–H and O–H groups in total. The lowest BCUT2D eigenvalue weighted by atomic mass is 10.2. The van der Waals surface area contributed by atoms with E-state index in [1.165, 1.54) is 0 Å². The lowest BCUT2D eigenvalue weighted by molar-refractivity contribution is -0.116. The Balaban J connectivity index is 1.56. The van der Waals surface area contributed by atoms with Crippen LogP contribution in [0.25, 0.3) is 0 Å². The first-order valence-electron chi connectivity index (χ1n) is 9.66. The molecule has 0 fully saturated rings. The van der Waals surface area contributed by atoms with E-state index in [1.54, 1.807) is 49.4 Å². The van der Waals surface area contributed by atoms with Gasteiger partial charge in [0.1, 0.15) is 29.4 Å². The molecule has 3 aromatic rings. The molecule has 152 valence electrons. The summed E-state index contributed by atoms with van der Waals surface area (Å²) in [4.78, 5) is 12.4. The number of hydrogen-bond acceptors (Lipinski definition) is 5. The van der Waals surface area contributed by atoms with Crippen molar-refractivity contribution in [1.82, 2.24) is 0 Å². The second-order valence-corrected chi connectivity index (χ2v) is 6.55. The van der Waals surface area contributed by atoms with E-state index in [1.807, 2.05) is 37.3 Å². The molecule has 1 atom stereocenters. The van der Waals surface area contributed by atoms with Crippen LogP contribution in [0.1, 0.15) is 19.4 Å². The molecule has 3 aromatic carbocycles. The van der Waals surface area contributed by atoms with Gasteiger partial charge in [-0.1, -0.05) is 12.1 Å². The Bertz CT molecular complexity index is 1020. The molecule has 0 aliphatic heterocycles. The van der Waals surface area contributed by atoms with Crippen molar-refractivity contribution in [1.29, 1.82) is 5.26 Å². The maximum atomic E-state index is 12.4. The van der Waals surface area contributed by atoms with E-state index in [4.69, 9.17) is 14.7 Å². The van der Waals surface area contributed by atoms with Crippen molar-refractivity contribution in [2.24, 2.45) is 0 Å². The van der Waals surface area contributed by atoms with Crippen molar-refractivity contribution in [3.63, 3.8) is 0 Å². The third-order valence-electron chi connectivity index (χ3n) is 4.30. The molecule has 0 aromatic heterocycles. The molecule has 0 aliphatic carbocycles. The van der Waals surface area contributed by atoms with E-state index in [0.717, 1.165) is 11.4 Å². The molecular weight excluding hydrogens is 378 g/mol. The number of nitrogens with one attached hydrogen (secondary N) is 2. The number of carbonyl (C=O) groups excluding carboxylic acids is 1. The quantitative estimate of drug-likeness (QED) is 0.543. The summed E-state index contributed by atoms with van der Waals surface area (Å²) in [5.74, 6) is 1.72. The molecule has 0 radical (unpaired) electrons. The summed E-state index contributed by atoms with van der Waals surface area (Å²) in [6, 6.07) is 23.2. The summed E-state index contributed by atoms with van der Waals surface area (Å²) in [5, 5.41) is 15.2. The highest BCUT2D eigenvalue weighted by Crippen LogP contribution is 2.26. The summed E-state index contributed by atoms with van der Waals surface area (Å²) in [5.41, 5.74) is 1.96. The number of benzene rings is 3. The van der Waals surface area contributed by atoms with Crippen molar-refractivity contribution < 1.29 is 14.3 Å². The molecule has 6 nitrogen and oxygen atoms in total. The number of para-hydroxylation sites is 1. The minimum Gasteiger partial charge on any atom is -0.494 e. The molecule has 0 bridgehead atoms. The van der Waals surface area contributed by atoms with Gasteiger partial charge in [0.05, 0.1) is 12.2 Å². The van der Waals surface area contributed by atoms with Crippen LogP contribution in [0.5, 0.6) is 17.2 Å². The van der Waals surface area contributed by atoms with Gasteiger partial charge in [-0.25, -0.2) is 0 Å². The molecule has 0 aliphatic rings. The Labute approximate surface area is 176 Å². The number of amides is 1. The summed E-state index contributed by atoms with van der Waals surface area (Å²) in [7, 11) is 0. The van der Waals surface area contributed by atoms with Crippen molar-refractivity contribution in [2.45, 2.75) is 19.9 Å². The highest BCUT2D eigenvalue weighted by Gasteiger charge is 2.13. The van der Waals surface area contributed by atoms with Crippen LogP contribution < -0.4 is 20.1 Å². The highest BCUT2D eigenvalue weighted by atomic mass is 16.5. The van der Waals surface area contributed by atoms with Crippen LogP contribution in [0, 0.1) is 11.3 Å². The number of carbonyl (C=O) groups is 1. The summed E-state index contributed by atoms with van der Waals surface area (Å²) < 4.78 is 11.2. The zero-order chi connectivity index (χ0) is 21.3. The van der Waals surface area contributed by atoms with Crippen molar-refractivity contribution >= 4 is 17.3 Å². The smallest absolute Gasteiger partial charge is 0.246 e. The monoisotopic (exact) mass is 401 g/mol. The Morgan fingerprint density at radius 1 is 0.967 bits per heavy atom. The largest absolute Gasteiger partial charge is 0.494 e. The van der Waals surface area contributed by atoms with Gasteiger partial charge < -0.3 is 20.1 Å². The number of anilines is 2. The van der Waals surface area contributed by atoms with Gasteiger partial charge in [0.25, 0.3) is 0 Å². The Morgan fingerprint density at radius 2 is 1.60 bits per heavy atom. The molecule has 30 heavy (non-hydrogen) atoms. The molecule has 0 spiro atoms. The summed E-state index contributed by atoms with van der Waals surface area (Å²) >= 11 is 0. The SMILES string of the molecule is CCOc1ccc(NC(=O)C(C)Nc2ccc(Oc3ccccc3C#N)cc2)cc1. The predicted octanol–water partition coefficient (Wildman–Crippen LogP) is 5.19. The fraction of sp³-hybridized carbons (Fsp3) is 0.167. The molecule has 0 saturated heterocycles. The van der Waals surface area contributed by atoms with Gasteiger partial charge in [-0.15, -0.1) is 0 Å². The highest BCUT2D eigenvalue weighted by molar-refractivity contribution is 5.96. The van der Waals surface area contributed by atoms with Crippen LogP contribution in [0.2, 0.25) is 0 Å². The van der Waals surface area contributed by atoms with Gasteiger partial charge in [0.15, 0.2) is 0 Å². The zero-order valence-corrected chi connectivity index (χ0v) is 16.9. The molecule has 0 saturated carbocycles. The molecule has 0 heterocycles. The minimum absolute atomic E-state index is 0.151. The summed E-state index contributed by atoms with van der Waals surface area (Å²) in [6.07, 6.45) is 0. The maximum Gasteiger partial charge on any atom is 0.246 e. The van der Waals surface area contributed by atoms with E-state index >= 15 is 0 Å². The lowest BCUT2D eigenvalue weighted by Crippen LogP contribution is -2.31. The second kappa shape index (κ2) is 9.99. The zero-order valence-electron chi connectivity index (χ0n) is 16.9. The van der Waals surface area contributed by atoms with Gasteiger partial charge in [0.2, 0.25) is 5.91 Å². The van der Waals surface area contributed by atoms with Gasteiger partial charge in [0, 0.05) is 11.4 Å². The fourth-order valence-corrected chi connectivity index (χ4v) is 2.76. The average molecular weight is 401 g/mol. The van der Waals surface area contributed by atoms with Crippen LogP contribution >= 0.6 is 0 Å². The summed E-state index contributed by atoms with van der Waals surface area (Å²) in [6.45, 7) is 4.31. The maximum absolute atomic E-state index is 12.4. The van der Waals surface area contributed by atoms with Gasteiger partial charge in [-0.05, 0) is 74.5 Å². The third-order valence-corrected chi connectivity index (χ3v) is 4.30. The van der Waals surface area contributed by atoms with E-state index in [2.05, 4.69) is 16.7 Å². The van der Waals surface area contributed by atoms with Crippen molar-refractivity contribution in [3.05, 3.63) is 78.4 Å². The lowest BCUT2D eigenvalue weighted by Gasteiger charge is -2.16. The minimum atomic E-state index is -0.442.